The summed E-state index contributed by atoms with van der Waals surface area (Å²) in [7, 11) is 0. The molecule has 1 amide bonds. The molecule has 1 aliphatic heterocycles. The van der Waals surface area contributed by atoms with Gasteiger partial charge in [-0.15, -0.1) is 12.4 Å². The Morgan fingerprint density at radius 1 is 1.55 bits per heavy atom. The van der Waals surface area contributed by atoms with E-state index in [0.717, 1.165) is 18.1 Å². The number of para-hydroxylation sites is 1. The number of nitrogens with one attached hydrogen (secondary N) is 2. The van der Waals surface area contributed by atoms with Crippen molar-refractivity contribution in [2.24, 2.45) is 0 Å². The first-order valence-corrected chi connectivity index (χ1v) is 8.67. The zero-order valence-corrected chi connectivity index (χ0v) is 14.9. The van der Waals surface area contributed by atoms with Gasteiger partial charge in [-0.05, 0) is 19.1 Å². The molecule has 2 N–H and O–H groups in total. The summed E-state index contributed by atoms with van der Waals surface area (Å²) in [6.45, 7) is 3.37. The lowest BCUT2D eigenvalue weighted by Crippen LogP contribution is -2.42. The molecule has 0 aromatic heterocycles. The predicted octanol–water partition coefficient (Wildman–Crippen LogP) is 2.74. The Morgan fingerprint density at radius 2 is 2.32 bits per heavy atom. The van der Waals surface area contributed by atoms with Crippen LogP contribution in [0.4, 0.5) is 0 Å². The van der Waals surface area contributed by atoms with Crippen molar-refractivity contribution in [2.75, 3.05) is 24.6 Å². The molecule has 2 atom stereocenters. The van der Waals surface area contributed by atoms with Gasteiger partial charge in [0.15, 0.2) is 0 Å². The van der Waals surface area contributed by atoms with Crippen molar-refractivity contribution < 1.29 is 9.53 Å². The van der Waals surface area contributed by atoms with Crippen LogP contribution in [0.3, 0.4) is 0 Å². The topological polar surface area (TPSA) is 50.4 Å². The maximum atomic E-state index is 11.9. The van der Waals surface area contributed by atoms with Gasteiger partial charge < -0.3 is 15.4 Å². The van der Waals surface area contributed by atoms with Crippen LogP contribution < -0.4 is 15.4 Å². The summed E-state index contributed by atoms with van der Waals surface area (Å²) in [6, 6.07) is 7.62. The number of halogens is 2. The van der Waals surface area contributed by atoms with Crippen LogP contribution in [0.15, 0.2) is 24.3 Å². The third-order valence-corrected chi connectivity index (χ3v) is 4.62. The number of thioether (sulfide) groups is 1. The lowest BCUT2D eigenvalue weighted by Gasteiger charge is -2.23. The number of hydrogen-bond acceptors (Lipinski definition) is 4. The van der Waals surface area contributed by atoms with E-state index >= 15 is 0 Å². The number of carbonyl (C=O) groups excluding carboxylic acids is 1. The van der Waals surface area contributed by atoms with Gasteiger partial charge >= 0.3 is 0 Å². The number of amides is 1. The summed E-state index contributed by atoms with van der Waals surface area (Å²) in [5.41, 5.74) is 0. The van der Waals surface area contributed by atoms with Crippen LogP contribution in [0.25, 0.3) is 0 Å². The zero-order chi connectivity index (χ0) is 15.1. The fourth-order valence-electron chi connectivity index (χ4n) is 2.10. The van der Waals surface area contributed by atoms with Gasteiger partial charge in [-0.2, -0.15) is 11.8 Å². The number of carbonyl (C=O) groups is 1. The van der Waals surface area contributed by atoms with E-state index in [0.29, 0.717) is 23.7 Å². The fourth-order valence-corrected chi connectivity index (χ4v) is 3.23. The highest BCUT2D eigenvalue weighted by Gasteiger charge is 2.17. The molecule has 0 radical (unpaired) electrons. The average Bonchev–Trinajstić information content (AvgIpc) is 2.49. The Hall–Kier alpha value is -0.620. The molecule has 124 valence electrons. The normalized spacial score (nSPS) is 18.9. The van der Waals surface area contributed by atoms with Crippen LogP contribution in [-0.4, -0.2) is 42.6 Å². The van der Waals surface area contributed by atoms with Gasteiger partial charge in [0.05, 0.1) is 11.6 Å². The first-order valence-electron chi connectivity index (χ1n) is 7.14. The van der Waals surface area contributed by atoms with E-state index in [1.54, 1.807) is 6.07 Å². The molecule has 1 fully saturated rings. The van der Waals surface area contributed by atoms with E-state index in [1.807, 2.05) is 36.9 Å². The third kappa shape index (κ3) is 6.65. The summed E-state index contributed by atoms with van der Waals surface area (Å²) >= 11 is 7.93. The minimum absolute atomic E-state index is 0. The Labute approximate surface area is 147 Å². The lowest BCUT2D eigenvalue weighted by atomic mass is 10.2. The molecule has 1 aromatic carbocycles. The number of hydrogen-bond donors (Lipinski definition) is 2. The van der Waals surface area contributed by atoms with E-state index in [2.05, 4.69) is 10.6 Å². The molecule has 1 saturated heterocycles. The standard InChI is InChI=1S/C15H21ClN2O2S.ClH/c1-11(20-14-5-3-2-4-13(14)16)9-18-15(19)8-12-10-21-7-6-17-12;/h2-5,11-12,17H,6-10H2,1H3,(H,18,19);1H. The van der Waals surface area contributed by atoms with Crippen LogP contribution in [0.5, 0.6) is 5.75 Å². The van der Waals surface area contributed by atoms with Gasteiger partial charge in [-0.1, -0.05) is 23.7 Å². The Morgan fingerprint density at radius 3 is 3.00 bits per heavy atom. The second-order valence-electron chi connectivity index (χ2n) is 5.09. The minimum atomic E-state index is -0.123. The van der Waals surface area contributed by atoms with E-state index in [9.17, 15) is 4.79 Å². The van der Waals surface area contributed by atoms with Gasteiger partial charge in [-0.25, -0.2) is 0 Å². The molecule has 0 spiro atoms. The van der Waals surface area contributed by atoms with Crippen molar-refractivity contribution in [3.05, 3.63) is 29.3 Å². The lowest BCUT2D eigenvalue weighted by molar-refractivity contribution is -0.121. The van der Waals surface area contributed by atoms with E-state index in [4.69, 9.17) is 16.3 Å². The van der Waals surface area contributed by atoms with Gasteiger partial charge in [0.1, 0.15) is 11.9 Å². The number of ether oxygens (including phenoxy) is 1. The molecule has 0 aliphatic carbocycles. The smallest absolute Gasteiger partial charge is 0.221 e. The zero-order valence-electron chi connectivity index (χ0n) is 12.5. The van der Waals surface area contributed by atoms with Crippen molar-refractivity contribution in [3.63, 3.8) is 0 Å². The number of benzene rings is 1. The van der Waals surface area contributed by atoms with Crippen LogP contribution in [0.2, 0.25) is 5.02 Å². The highest BCUT2D eigenvalue weighted by Crippen LogP contribution is 2.24. The molecule has 1 aromatic rings. The summed E-state index contributed by atoms with van der Waals surface area (Å²) in [5.74, 6) is 2.83. The van der Waals surface area contributed by atoms with Crippen LogP contribution in [0, 0.1) is 0 Å². The first-order chi connectivity index (χ1) is 10.1. The highest BCUT2D eigenvalue weighted by molar-refractivity contribution is 7.99. The molecule has 2 unspecified atom stereocenters. The summed E-state index contributed by atoms with van der Waals surface area (Å²) < 4.78 is 5.72. The highest BCUT2D eigenvalue weighted by atomic mass is 35.5. The summed E-state index contributed by atoms with van der Waals surface area (Å²) in [6.07, 6.45) is 0.397. The van der Waals surface area contributed by atoms with Crippen LogP contribution >= 0.6 is 35.8 Å². The summed E-state index contributed by atoms with van der Waals surface area (Å²) in [5, 5.41) is 6.85. The van der Waals surface area contributed by atoms with Gasteiger partial charge in [0, 0.05) is 30.5 Å². The Balaban J connectivity index is 0.00000242. The van der Waals surface area contributed by atoms with E-state index in [-0.39, 0.29) is 30.5 Å². The quantitative estimate of drug-likeness (QED) is 0.814. The maximum absolute atomic E-state index is 11.9. The largest absolute Gasteiger partial charge is 0.487 e. The van der Waals surface area contributed by atoms with Gasteiger partial charge in [-0.3, -0.25) is 4.79 Å². The van der Waals surface area contributed by atoms with Crippen molar-refractivity contribution >= 4 is 41.7 Å². The number of rotatable bonds is 6. The molecular formula is C15H22Cl2N2O2S. The molecule has 1 aliphatic rings. The van der Waals surface area contributed by atoms with Crippen molar-refractivity contribution in [1.29, 1.82) is 0 Å². The molecule has 7 heteroatoms. The molecule has 2 rings (SSSR count). The third-order valence-electron chi connectivity index (χ3n) is 3.18. The van der Waals surface area contributed by atoms with E-state index in [1.165, 1.54) is 0 Å². The van der Waals surface area contributed by atoms with Gasteiger partial charge in [0.25, 0.3) is 0 Å². The molecular weight excluding hydrogens is 343 g/mol. The average molecular weight is 365 g/mol. The van der Waals surface area contributed by atoms with Gasteiger partial charge in [0.2, 0.25) is 5.91 Å². The van der Waals surface area contributed by atoms with Crippen molar-refractivity contribution in [1.82, 2.24) is 10.6 Å². The molecule has 1 heterocycles. The molecule has 22 heavy (non-hydrogen) atoms. The molecule has 0 bridgehead atoms. The Bertz CT molecular complexity index is 471. The van der Waals surface area contributed by atoms with Crippen LogP contribution in [0.1, 0.15) is 13.3 Å². The molecule has 0 saturated carbocycles. The van der Waals surface area contributed by atoms with E-state index < -0.39 is 0 Å². The van der Waals surface area contributed by atoms with Crippen molar-refractivity contribution in [2.45, 2.75) is 25.5 Å². The minimum Gasteiger partial charge on any atom is -0.487 e. The summed E-state index contributed by atoms with van der Waals surface area (Å²) in [4.78, 5) is 11.9. The second-order valence-corrected chi connectivity index (χ2v) is 6.65. The van der Waals surface area contributed by atoms with Crippen molar-refractivity contribution in [3.8, 4) is 5.75 Å². The molecule has 4 nitrogen and oxygen atoms in total. The predicted molar refractivity (Wildman–Crippen MR) is 95.5 cm³/mol. The van der Waals surface area contributed by atoms with Crippen LogP contribution in [-0.2, 0) is 4.79 Å². The Kier molecular flexibility index (Phi) is 9.02. The maximum Gasteiger partial charge on any atom is 0.221 e. The second kappa shape index (κ2) is 10.2. The first kappa shape index (κ1) is 19.4. The fraction of sp³-hybridized carbons (Fsp3) is 0.533. The monoisotopic (exact) mass is 364 g/mol. The SMILES string of the molecule is CC(CNC(=O)CC1CSCCN1)Oc1ccccc1Cl.Cl.